The van der Waals surface area contributed by atoms with Crippen LogP contribution in [0.2, 0.25) is 5.02 Å². The van der Waals surface area contributed by atoms with Crippen LogP contribution < -0.4 is 4.57 Å². The molecule has 0 unspecified atom stereocenters. The number of rotatable bonds is 9. The Balaban J connectivity index is 1.82. The molecule has 0 fully saturated rings. The third kappa shape index (κ3) is 5.76. The number of hydrogen-bond donors (Lipinski definition) is 0. The van der Waals surface area contributed by atoms with Gasteiger partial charge >= 0.3 is 5.97 Å². The zero-order chi connectivity index (χ0) is 23.9. The molecule has 0 aliphatic heterocycles. The summed E-state index contributed by atoms with van der Waals surface area (Å²) in [6.45, 7) is 2.06. The number of esters is 1. The third-order valence-corrected chi connectivity index (χ3v) is 7.88. The van der Waals surface area contributed by atoms with Gasteiger partial charge in [-0.2, -0.15) is 4.57 Å². The van der Waals surface area contributed by atoms with E-state index in [2.05, 4.69) is 12.1 Å². The first-order chi connectivity index (χ1) is 16.6. The first kappa shape index (κ1) is 24.2. The summed E-state index contributed by atoms with van der Waals surface area (Å²) in [5.74, 6) is 0.253. The lowest BCUT2D eigenvalue weighted by atomic mass is 10.0. The van der Waals surface area contributed by atoms with Gasteiger partial charge in [0.1, 0.15) is 4.21 Å². The minimum atomic E-state index is -0.358. The molecular weight excluding hydrogens is 486 g/mol. The third-order valence-electron chi connectivity index (χ3n) is 5.07. The van der Waals surface area contributed by atoms with Gasteiger partial charge in [0.25, 0.3) is 0 Å². The van der Waals surface area contributed by atoms with Crippen molar-refractivity contribution in [3.8, 4) is 5.69 Å². The molecule has 0 N–H and O–H groups in total. The van der Waals surface area contributed by atoms with Crippen LogP contribution in [0.5, 0.6) is 0 Å². The monoisotopic (exact) mass is 508 g/mol. The average Bonchev–Trinajstić information content (AvgIpc) is 3.22. The zero-order valence-corrected chi connectivity index (χ0v) is 21.0. The molecule has 0 saturated carbocycles. The van der Waals surface area contributed by atoms with Crippen LogP contribution in [-0.2, 0) is 21.7 Å². The normalized spacial score (nSPS) is 10.8. The van der Waals surface area contributed by atoms with Crippen LogP contribution in [0.1, 0.15) is 33.3 Å². The number of ketones is 1. The van der Waals surface area contributed by atoms with E-state index in [0.29, 0.717) is 21.0 Å². The summed E-state index contributed by atoms with van der Waals surface area (Å²) in [6, 6.07) is 22.8. The Hall–Kier alpha value is -2.93. The molecule has 2 aromatic heterocycles. The highest BCUT2D eigenvalue weighted by Gasteiger charge is 2.31. The maximum absolute atomic E-state index is 13.6. The molecule has 0 aliphatic rings. The fraction of sp³-hybridized carbons (Fsp3) is 0.148. The van der Waals surface area contributed by atoms with Crippen LogP contribution in [0, 0.1) is 0 Å². The molecule has 4 aromatic rings. The topological polar surface area (TPSA) is 47.3 Å². The minimum Gasteiger partial charge on any atom is -0.466 e. The molecule has 0 spiro atoms. The number of hydrogen-bond acceptors (Lipinski definition) is 5. The van der Waals surface area contributed by atoms with Gasteiger partial charge in [-0.05, 0) is 36.8 Å². The molecule has 2 heterocycles. The molecule has 0 aliphatic carbocycles. The molecule has 0 amide bonds. The Bertz CT molecular complexity index is 1270. The van der Waals surface area contributed by atoms with E-state index in [1.807, 2.05) is 53.4 Å². The lowest BCUT2D eigenvalue weighted by Crippen LogP contribution is -2.31. The smallest absolute Gasteiger partial charge is 0.310 e. The molecule has 7 heteroatoms. The summed E-state index contributed by atoms with van der Waals surface area (Å²) in [4.78, 5) is 26.7. The van der Waals surface area contributed by atoms with Crippen LogP contribution in [-0.4, -0.2) is 18.4 Å². The number of aromatic nitrogens is 1. The molecule has 4 rings (SSSR count). The second kappa shape index (κ2) is 11.5. The molecule has 0 radical (unpaired) electrons. The summed E-state index contributed by atoms with van der Waals surface area (Å²) in [5, 5.41) is 0.564. The second-order valence-electron chi connectivity index (χ2n) is 7.42. The zero-order valence-electron chi connectivity index (χ0n) is 18.6. The van der Waals surface area contributed by atoms with Crippen molar-refractivity contribution in [3.63, 3.8) is 0 Å². The highest BCUT2D eigenvalue weighted by molar-refractivity contribution is 8.00. The second-order valence-corrected chi connectivity index (χ2v) is 10.1. The van der Waals surface area contributed by atoms with Crippen molar-refractivity contribution in [1.29, 1.82) is 0 Å². The van der Waals surface area contributed by atoms with Crippen molar-refractivity contribution >= 4 is 46.5 Å². The number of ether oxygens (including phenoxy) is 1. The molecule has 0 saturated heterocycles. The Morgan fingerprint density at radius 1 is 0.971 bits per heavy atom. The highest BCUT2D eigenvalue weighted by atomic mass is 35.5. The van der Waals surface area contributed by atoms with Crippen molar-refractivity contribution < 1.29 is 18.9 Å². The van der Waals surface area contributed by atoms with Gasteiger partial charge in [-0.15, -0.1) is 23.1 Å². The lowest BCUT2D eigenvalue weighted by Gasteiger charge is -2.06. The van der Waals surface area contributed by atoms with Gasteiger partial charge in [0, 0.05) is 28.5 Å². The molecule has 0 atom stereocenters. The van der Waals surface area contributed by atoms with Gasteiger partial charge < -0.3 is 4.74 Å². The number of carbonyl (C=O) groups excluding carboxylic acids is 2. The van der Waals surface area contributed by atoms with Gasteiger partial charge in [-0.25, -0.2) is 0 Å². The van der Waals surface area contributed by atoms with E-state index >= 15 is 0 Å². The van der Waals surface area contributed by atoms with Gasteiger partial charge in [-0.1, -0.05) is 48.0 Å². The summed E-state index contributed by atoms with van der Waals surface area (Å²) >= 11 is 9.11. The standard InChI is InChI=1S/C27H23ClNO3S2/c1-2-32-23(30)17-22-24(29-15-7-4-8-16-29)27(33-18-19-9-5-3-6-10-19)34-26(22)25(31)20-11-13-21(28)14-12-20/h3-16H,2,17-18H2,1H3/q+1. The quantitative estimate of drug-likeness (QED) is 0.115. The van der Waals surface area contributed by atoms with Crippen molar-refractivity contribution in [2.45, 2.75) is 23.3 Å². The number of carbonyl (C=O) groups is 2. The molecule has 34 heavy (non-hydrogen) atoms. The van der Waals surface area contributed by atoms with E-state index in [4.69, 9.17) is 16.3 Å². The van der Waals surface area contributed by atoms with Crippen molar-refractivity contribution in [2.24, 2.45) is 0 Å². The summed E-state index contributed by atoms with van der Waals surface area (Å²) < 4.78 is 8.19. The predicted molar refractivity (Wildman–Crippen MR) is 137 cm³/mol. The Kier molecular flexibility index (Phi) is 8.16. The van der Waals surface area contributed by atoms with Gasteiger partial charge in [0.05, 0.1) is 23.5 Å². The molecule has 4 nitrogen and oxygen atoms in total. The largest absolute Gasteiger partial charge is 0.466 e. The highest BCUT2D eigenvalue weighted by Crippen LogP contribution is 2.39. The minimum absolute atomic E-state index is 0.0160. The van der Waals surface area contributed by atoms with E-state index in [-0.39, 0.29) is 24.8 Å². The van der Waals surface area contributed by atoms with Crippen LogP contribution in [0.4, 0.5) is 0 Å². The van der Waals surface area contributed by atoms with E-state index in [9.17, 15) is 9.59 Å². The summed E-state index contributed by atoms with van der Waals surface area (Å²) in [6.07, 6.45) is 3.88. The van der Waals surface area contributed by atoms with Gasteiger partial charge in [-0.3, -0.25) is 9.59 Å². The Morgan fingerprint density at radius 2 is 1.65 bits per heavy atom. The Morgan fingerprint density at radius 3 is 2.32 bits per heavy atom. The van der Waals surface area contributed by atoms with E-state index in [1.165, 1.54) is 16.9 Å². The van der Waals surface area contributed by atoms with Crippen molar-refractivity contribution in [2.75, 3.05) is 6.61 Å². The number of nitrogens with zero attached hydrogens (tertiary/aromatic N) is 1. The summed E-state index contributed by atoms with van der Waals surface area (Å²) in [5.41, 5.74) is 3.23. The van der Waals surface area contributed by atoms with Crippen LogP contribution in [0.3, 0.4) is 0 Å². The van der Waals surface area contributed by atoms with Crippen molar-refractivity contribution in [3.05, 3.63) is 112 Å². The first-order valence-corrected chi connectivity index (χ1v) is 13.0. The van der Waals surface area contributed by atoms with E-state index < -0.39 is 0 Å². The summed E-state index contributed by atoms with van der Waals surface area (Å²) in [7, 11) is 0. The molecular formula is C27H23ClNO3S2+. The number of thiophene rings is 1. The van der Waals surface area contributed by atoms with Gasteiger partial charge in [0.2, 0.25) is 11.5 Å². The fourth-order valence-electron chi connectivity index (χ4n) is 3.50. The average molecular weight is 509 g/mol. The maximum Gasteiger partial charge on any atom is 0.310 e. The predicted octanol–water partition coefficient (Wildman–Crippen LogP) is 6.31. The van der Waals surface area contributed by atoms with E-state index in [1.54, 1.807) is 43.0 Å². The maximum atomic E-state index is 13.6. The van der Waals surface area contributed by atoms with Crippen LogP contribution >= 0.6 is 34.7 Å². The molecule has 2 aromatic carbocycles. The number of benzene rings is 2. The fourth-order valence-corrected chi connectivity index (χ4v) is 6.16. The van der Waals surface area contributed by atoms with Gasteiger partial charge in [0.15, 0.2) is 12.4 Å². The Labute approximate surface area is 212 Å². The number of thioether (sulfide) groups is 1. The van der Waals surface area contributed by atoms with Crippen LogP contribution in [0.15, 0.2) is 89.4 Å². The first-order valence-electron chi connectivity index (χ1n) is 10.8. The molecule has 0 bridgehead atoms. The number of pyridine rings is 1. The molecule has 172 valence electrons. The van der Waals surface area contributed by atoms with Crippen molar-refractivity contribution in [1.82, 2.24) is 0 Å². The van der Waals surface area contributed by atoms with E-state index in [0.717, 1.165) is 15.6 Å². The number of halogens is 1. The lowest BCUT2D eigenvalue weighted by molar-refractivity contribution is -0.598. The van der Waals surface area contributed by atoms with Crippen LogP contribution in [0.25, 0.3) is 5.69 Å². The SMILES string of the molecule is CCOC(=O)Cc1c(C(=O)c2ccc(Cl)cc2)sc(SCc2ccccc2)c1-[n+]1ccccc1.